The Hall–Kier alpha value is -3.37. The number of nitrogens with one attached hydrogen (secondary N) is 2. The molecule has 0 radical (unpaired) electrons. The van der Waals surface area contributed by atoms with E-state index in [1.165, 1.54) is 16.2 Å². The third kappa shape index (κ3) is 3.40. The number of aromatic amines is 2. The van der Waals surface area contributed by atoms with Gasteiger partial charge in [0.25, 0.3) is 11.5 Å². The van der Waals surface area contributed by atoms with Gasteiger partial charge in [0.15, 0.2) is 16.9 Å². The normalized spacial score (nSPS) is 12.6. The Morgan fingerprint density at radius 1 is 1.30 bits per heavy atom. The molecule has 0 aliphatic carbocycles. The second-order valence-corrected chi connectivity index (χ2v) is 7.55. The first kappa shape index (κ1) is 19.9. The summed E-state index contributed by atoms with van der Waals surface area (Å²) in [5.41, 5.74) is -0.134. The Labute approximate surface area is 178 Å². The van der Waals surface area contributed by atoms with Crippen LogP contribution in [0.5, 0.6) is 5.88 Å². The summed E-state index contributed by atoms with van der Waals surface area (Å²) in [7, 11) is 1.48. The van der Waals surface area contributed by atoms with Crippen LogP contribution in [0.25, 0.3) is 22.1 Å². The van der Waals surface area contributed by atoms with E-state index in [4.69, 9.17) is 23.2 Å². The van der Waals surface area contributed by atoms with Gasteiger partial charge in [-0.2, -0.15) is 4.98 Å². The van der Waals surface area contributed by atoms with Gasteiger partial charge in [0, 0.05) is 29.0 Å². The number of rotatable bonds is 4. The summed E-state index contributed by atoms with van der Waals surface area (Å²) in [6, 6.07) is 5.02. The fourth-order valence-corrected chi connectivity index (χ4v) is 3.26. The van der Waals surface area contributed by atoms with Gasteiger partial charge in [-0.25, -0.2) is 4.79 Å². The van der Waals surface area contributed by atoms with E-state index in [2.05, 4.69) is 25.2 Å². The number of imidazole rings is 1. The molecule has 154 valence electrons. The van der Waals surface area contributed by atoms with Crippen LogP contribution >= 0.6 is 23.2 Å². The van der Waals surface area contributed by atoms with E-state index in [1.807, 2.05) is 0 Å². The van der Waals surface area contributed by atoms with Crippen LogP contribution in [0.3, 0.4) is 0 Å². The van der Waals surface area contributed by atoms with E-state index in [0.717, 1.165) is 0 Å². The van der Waals surface area contributed by atoms with Crippen molar-refractivity contribution in [3.63, 3.8) is 0 Å². The molecule has 0 saturated heterocycles. The molecule has 3 aromatic heterocycles. The molecule has 0 unspecified atom stereocenters. The summed E-state index contributed by atoms with van der Waals surface area (Å²) >= 11 is 12.0. The van der Waals surface area contributed by atoms with E-state index in [0.29, 0.717) is 21.0 Å². The number of hydrogen-bond acceptors (Lipinski definition) is 6. The first-order chi connectivity index (χ1) is 14.3. The summed E-state index contributed by atoms with van der Waals surface area (Å²) in [5.74, 6) is -0.137. The standard InChI is InChI=1S/C18H15Cl2N7O3/c1-8(19)5-6-27-13-14(26(2)18(30)23-16(13)29)22-17(27)25-24-12-10-7-9(20)3-4-11(10)21-15(12)28/h3-5,7,21,28H,6H2,1-2H3,(H,23,29,30). The Kier molecular flexibility index (Phi) is 4.96. The molecule has 30 heavy (non-hydrogen) atoms. The van der Waals surface area contributed by atoms with Crippen LogP contribution in [0.2, 0.25) is 5.02 Å². The minimum Gasteiger partial charge on any atom is -0.493 e. The molecule has 0 aliphatic rings. The molecule has 0 spiro atoms. The highest BCUT2D eigenvalue weighted by atomic mass is 35.5. The lowest BCUT2D eigenvalue weighted by molar-refractivity contribution is 0.459. The monoisotopic (exact) mass is 447 g/mol. The number of nitrogens with zero attached hydrogens (tertiary/aromatic N) is 5. The van der Waals surface area contributed by atoms with Crippen molar-refractivity contribution in [1.82, 2.24) is 24.1 Å². The lowest BCUT2D eigenvalue weighted by Gasteiger charge is -2.02. The van der Waals surface area contributed by atoms with Crippen molar-refractivity contribution >= 4 is 56.9 Å². The second-order valence-electron chi connectivity index (χ2n) is 6.52. The zero-order valence-electron chi connectivity index (χ0n) is 15.8. The molecule has 4 rings (SSSR count). The number of hydrogen-bond donors (Lipinski definition) is 3. The predicted molar refractivity (Wildman–Crippen MR) is 114 cm³/mol. The van der Waals surface area contributed by atoms with Crippen molar-refractivity contribution < 1.29 is 5.11 Å². The molecule has 0 atom stereocenters. The van der Waals surface area contributed by atoms with Crippen LogP contribution < -0.4 is 11.2 Å². The molecule has 0 saturated carbocycles. The number of aromatic hydroxyl groups is 1. The van der Waals surface area contributed by atoms with Gasteiger partial charge in [-0.15, -0.1) is 10.2 Å². The minimum atomic E-state index is -0.607. The van der Waals surface area contributed by atoms with E-state index in [9.17, 15) is 14.7 Å². The van der Waals surface area contributed by atoms with Gasteiger partial charge in [0.1, 0.15) is 0 Å². The first-order valence-corrected chi connectivity index (χ1v) is 9.45. The molecule has 3 N–H and O–H groups in total. The molecular weight excluding hydrogens is 433 g/mol. The van der Waals surface area contributed by atoms with Gasteiger partial charge in [-0.3, -0.25) is 18.9 Å². The number of azo groups is 1. The fourth-order valence-electron chi connectivity index (χ4n) is 3.02. The number of H-pyrrole nitrogens is 2. The number of fused-ring (bicyclic) bond motifs is 2. The maximum Gasteiger partial charge on any atom is 0.329 e. The van der Waals surface area contributed by atoms with Crippen LogP contribution in [-0.2, 0) is 13.6 Å². The largest absolute Gasteiger partial charge is 0.493 e. The SMILES string of the molecule is CC(Cl)=CCn1c(N=Nc2c(O)[nH]c3ccc(Cl)cc23)nc2c1c(=O)[nH]c(=O)n2C. The third-order valence-corrected chi connectivity index (χ3v) is 4.89. The smallest absolute Gasteiger partial charge is 0.329 e. The van der Waals surface area contributed by atoms with Crippen molar-refractivity contribution in [3.05, 3.63) is 55.2 Å². The Morgan fingerprint density at radius 2 is 2.07 bits per heavy atom. The number of halogens is 2. The highest BCUT2D eigenvalue weighted by molar-refractivity contribution is 6.31. The van der Waals surface area contributed by atoms with Gasteiger partial charge < -0.3 is 10.1 Å². The molecule has 0 amide bonds. The summed E-state index contributed by atoms with van der Waals surface area (Å²) in [5, 5.41) is 20.0. The van der Waals surface area contributed by atoms with Gasteiger partial charge in [0.2, 0.25) is 5.88 Å². The minimum absolute atomic E-state index is 0.0571. The molecule has 1 aromatic carbocycles. The summed E-state index contributed by atoms with van der Waals surface area (Å²) in [4.78, 5) is 33.7. The van der Waals surface area contributed by atoms with Crippen LogP contribution in [0, 0.1) is 0 Å². The van der Waals surface area contributed by atoms with Crippen LogP contribution in [0.4, 0.5) is 11.6 Å². The number of aromatic nitrogens is 5. The maximum absolute atomic E-state index is 12.4. The third-order valence-electron chi connectivity index (χ3n) is 4.50. The molecule has 4 aromatic rings. The Bertz CT molecular complexity index is 1470. The van der Waals surface area contributed by atoms with Gasteiger partial charge >= 0.3 is 5.69 Å². The number of benzene rings is 1. The quantitative estimate of drug-likeness (QED) is 0.409. The van der Waals surface area contributed by atoms with E-state index in [-0.39, 0.29) is 35.2 Å². The average Bonchev–Trinajstić information content (AvgIpc) is 3.20. The number of aryl methyl sites for hydroxylation is 1. The summed E-state index contributed by atoms with van der Waals surface area (Å²) in [6.07, 6.45) is 1.66. The lowest BCUT2D eigenvalue weighted by atomic mass is 10.2. The average molecular weight is 448 g/mol. The zero-order chi connectivity index (χ0) is 21.6. The molecule has 12 heteroatoms. The summed E-state index contributed by atoms with van der Waals surface area (Å²) in [6.45, 7) is 1.86. The van der Waals surface area contributed by atoms with Gasteiger partial charge in [-0.05, 0) is 25.1 Å². The topological polar surface area (TPSA) is 133 Å². The maximum atomic E-state index is 12.4. The van der Waals surface area contributed by atoms with E-state index < -0.39 is 11.2 Å². The first-order valence-electron chi connectivity index (χ1n) is 8.70. The molecule has 0 bridgehead atoms. The van der Waals surface area contributed by atoms with Crippen molar-refractivity contribution in [3.8, 4) is 5.88 Å². The van der Waals surface area contributed by atoms with Gasteiger partial charge in [0.05, 0.1) is 5.52 Å². The van der Waals surface area contributed by atoms with Gasteiger partial charge in [-0.1, -0.05) is 29.3 Å². The van der Waals surface area contributed by atoms with Crippen molar-refractivity contribution in [2.45, 2.75) is 13.5 Å². The van der Waals surface area contributed by atoms with Crippen molar-refractivity contribution in [2.24, 2.45) is 17.3 Å². The van der Waals surface area contributed by atoms with Crippen LogP contribution in [0.15, 0.2) is 49.1 Å². The highest BCUT2D eigenvalue weighted by Crippen LogP contribution is 2.37. The van der Waals surface area contributed by atoms with E-state index >= 15 is 0 Å². The van der Waals surface area contributed by atoms with E-state index in [1.54, 1.807) is 31.2 Å². The number of allylic oxidation sites excluding steroid dienone is 2. The van der Waals surface area contributed by atoms with Crippen LogP contribution in [0.1, 0.15) is 6.92 Å². The van der Waals surface area contributed by atoms with Crippen molar-refractivity contribution in [2.75, 3.05) is 0 Å². The second kappa shape index (κ2) is 7.47. The zero-order valence-corrected chi connectivity index (χ0v) is 17.3. The lowest BCUT2D eigenvalue weighted by Crippen LogP contribution is -2.29. The highest BCUT2D eigenvalue weighted by Gasteiger charge is 2.17. The summed E-state index contributed by atoms with van der Waals surface area (Å²) < 4.78 is 2.67. The Morgan fingerprint density at radius 3 is 2.80 bits per heavy atom. The van der Waals surface area contributed by atoms with Crippen LogP contribution in [-0.4, -0.2) is 29.2 Å². The molecule has 0 aliphatic heterocycles. The molecular formula is C18H15Cl2N7O3. The Balaban J connectivity index is 1.93. The molecule has 0 fully saturated rings. The molecule has 10 nitrogen and oxygen atoms in total. The fraction of sp³-hybridized carbons (Fsp3) is 0.167. The van der Waals surface area contributed by atoms with Crippen molar-refractivity contribution in [1.29, 1.82) is 0 Å². The molecule has 3 heterocycles. The predicted octanol–water partition coefficient (Wildman–Crippen LogP) is 3.82.